The third-order valence-electron chi connectivity index (χ3n) is 3.07. The van der Waals surface area contributed by atoms with Crippen LogP contribution in [-0.4, -0.2) is 22.1 Å². The Hall–Kier alpha value is -2.55. The molecule has 0 aliphatic heterocycles. The number of ether oxygens (including phenoxy) is 1. The Morgan fingerprint density at radius 2 is 1.80 bits per heavy atom. The number of rotatable bonds is 8. The number of nitrogens with one attached hydrogen (secondary N) is 1. The average Bonchev–Trinajstić information content (AvgIpc) is 2.58. The Balaban J connectivity index is 1.88. The fourth-order valence-corrected chi connectivity index (χ4v) is 2.01. The third kappa shape index (κ3) is 6.46. The SMILES string of the molecule is C=CCNC(=O)c1ccc(COc2ccc(O[N+](O)(F)S)cc2)cc1. The molecule has 2 rings (SSSR count). The van der Waals surface area contributed by atoms with Gasteiger partial charge in [-0.15, -0.1) is 11.8 Å². The summed E-state index contributed by atoms with van der Waals surface area (Å²) >= 11 is 3.16. The highest BCUT2D eigenvalue weighted by Crippen LogP contribution is 2.22. The van der Waals surface area contributed by atoms with Crippen LogP contribution in [-0.2, 0) is 6.61 Å². The topological polar surface area (TPSA) is 67.8 Å². The fourth-order valence-electron chi connectivity index (χ4n) is 1.92. The minimum absolute atomic E-state index is 0.0854. The number of benzene rings is 2. The molecule has 0 spiro atoms. The van der Waals surface area contributed by atoms with Crippen LogP contribution in [0.25, 0.3) is 0 Å². The lowest BCUT2D eigenvalue weighted by atomic mass is 10.1. The summed E-state index contributed by atoms with van der Waals surface area (Å²) in [5.74, 6) is 0.454. The van der Waals surface area contributed by atoms with Crippen molar-refractivity contribution in [1.82, 2.24) is 5.32 Å². The molecule has 0 aromatic heterocycles. The van der Waals surface area contributed by atoms with Gasteiger partial charge in [0.05, 0.1) is 0 Å². The van der Waals surface area contributed by atoms with Gasteiger partial charge in [0.2, 0.25) is 10.2 Å². The van der Waals surface area contributed by atoms with Crippen LogP contribution in [0, 0.1) is 0 Å². The van der Waals surface area contributed by atoms with Crippen molar-refractivity contribution in [1.29, 1.82) is 0 Å². The molecule has 2 N–H and O–H groups in total. The van der Waals surface area contributed by atoms with Gasteiger partial charge in [-0.1, -0.05) is 18.2 Å². The van der Waals surface area contributed by atoms with Gasteiger partial charge in [0.15, 0.2) is 12.8 Å². The summed E-state index contributed by atoms with van der Waals surface area (Å²) in [6.45, 7) is 4.25. The number of hydrogen-bond acceptors (Lipinski definition) is 5. The monoisotopic (exact) mass is 365 g/mol. The molecule has 25 heavy (non-hydrogen) atoms. The number of carbonyl (C=O) groups is 1. The number of carbonyl (C=O) groups excluding carboxylic acids is 1. The van der Waals surface area contributed by atoms with E-state index in [1.165, 1.54) is 12.1 Å². The highest BCUT2D eigenvalue weighted by Gasteiger charge is 2.24. The van der Waals surface area contributed by atoms with E-state index in [4.69, 9.17) is 9.94 Å². The molecular weight excluding hydrogens is 347 g/mol. The molecule has 1 amide bonds. The van der Waals surface area contributed by atoms with Gasteiger partial charge < -0.3 is 10.1 Å². The first-order chi connectivity index (χ1) is 11.9. The predicted octanol–water partition coefficient (Wildman–Crippen LogP) is 3.41. The molecule has 2 aromatic rings. The lowest BCUT2D eigenvalue weighted by Gasteiger charge is -2.10. The first kappa shape index (κ1) is 18.8. The van der Waals surface area contributed by atoms with Crippen molar-refractivity contribution < 1.29 is 28.5 Å². The zero-order chi connectivity index (χ0) is 18.3. The molecule has 1 atom stereocenters. The summed E-state index contributed by atoms with van der Waals surface area (Å²) in [6, 6.07) is 13.0. The molecule has 0 heterocycles. The van der Waals surface area contributed by atoms with E-state index in [2.05, 4.69) is 29.5 Å². The lowest BCUT2D eigenvalue weighted by molar-refractivity contribution is -1.22. The largest absolute Gasteiger partial charge is 0.489 e. The number of nitrogens with zero attached hydrogens (tertiary/aromatic N) is 1. The lowest BCUT2D eigenvalue weighted by Crippen LogP contribution is -2.27. The van der Waals surface area contributed by atoms with Gasteiger partial charge in [0, 0.05) is 12.1 Å². The van der Waals surface area contributed by atoms with Gasteiger partial charge >= 0.3 is 0 Å². The minimum Gasteiger partial charge on any atom is -0.489 e. The van der Waals surface area contributed by atoms with Crippen molar-refractivity contribution in [2.24, 2.45) is 0 Å². The molecule has 0 saturated heterocycles. The number of thiol groups is 1. The van der Waals surface area contributed by atoms with E-state index in [-0.39, 0.29) is 11.7 Å². The van der Waals surface area contributed by atoms with Crippen LogP contribution in [0.15, 0.2) is 61.2 Å². The van der Waals surface area contributed by atoms with Crippen molar-refractivity contribution in [3.05, 3.63) is 72.3 Å². The first-order valence-corrected chi connectivity index (χ1v) is 7.72. The van der Waals surface area contributed by atoms with E-state index in [0.29, 0.717) is 24.5 Å². The molecule has 0 bridgehead atoms. The van der Waals surface area contributed by atoms with Gasteiger partial charge in [0.25, 0.3) is 5.91 Å². The van der Waals surface area contributed by atoms with Gasteiger partial charge in [0.1, 0.15) is 16.8 Å². The van der Waals surface area contributed by atoms with Crippen LogP contribution < -0.4 is 14.9 Å². The standard InChI is InChI=1S/C17H17FN2O4S/c1-2-11-19-17(21)14-5-3-13(4-6-14)12-23-15-7-9-16(10-8-15)24-20(18,22)25/h2-10,22,25H,1,11-12H2/p+1. The maximum Gasteiger partial charge on any atom is 0.251 e. The molecule has 1 unspecified atom stereocenters. The maximum atomic E-state index is 12.8. The Bertz CT molecular complexity index is 715. The molecule has 0 fully saturated rings. The average molecular weight is 365 g/mol. The second-order valence-corrected chi connectivity index (χ2v) is 5.51. The zero-order valence-electron chi connectivity index (χ0n) is 13.3. The minimum atomic E-state index is -2.41. The fraction of sp³-hybridized carbons (Fsp3) is 0.118. The number of quaternary nitrogens is 1. The molecule has 8 heteroatoms. The Morgan fingerprint density at radius 3 is 2.36 bits per heavy atom. The smallest absolute Gasteiger partial charge is 0.251 e. The molecule has 0 aliphatic carbocycles. The van der Waals surface area contributed by atoms with E-state index in [1.807, 2.05) is 0 Å². The third-order valence-corrected chi connectivity index (χ3v) is 3.16. The Morgan fingerprint density at radius 1 is 1.20 bits per heavy atom. The van der Waals surface area contributed by atoms with Crippen LogP contribution in [0.3, 0.4) is 0 Å². The second-order valence-electron chi connectivity index (χ2n) is 5.02. The van der Waals surface area contributed by atoms with Crippen molar-refractivity contribution in [2.75, 3.05) is 6.54 Å². The van der Waals surface area contributed by atoms with Gasteiger partial charge in [-0.2, -0.15) is 0 Å². The molecule has 0 saturated carbocycles. The van der Waals surface area contributed by atoms with E-state index in [9.17, 15) is 9.28 Å². The van der Waals surface area contributed by atoms with Crippen LogP contribution >= 0.6 is 12.8 Å². The summed E-state index contributed by atoms with van der Waals surface area (Å²) in [5, 5.41) is 11.4. The van der Waals surface area contributed by atoms with Crippen molar-refractivity contribution in [3.63, 3.8) is 0 Å². The summed E-state index contributed by atoms with van der Waals surface area (Å²) in [4.78, 5) is 16.2. The summed E-state index contributed by atoms with van der Waals surface area (Å²) < 4.78 is 16.0. The van der Waals surface area contributed by atoms with Crippen LogP contribution in [0.5, 0.6) is 11.5 Å². The first-order valence-electron chi connectivity index (χ1n) is 7.32. The number of halogens is 1. The highest BCUT2D eigenvalue weighted by atomic mass is 32.1. The van der Waals surface area contributed by atoms with Crippen molar-refractivity contribution in [3.8, 4) is 11.5 Å². The van der Waals surface area contributed by atoms with Crippen LogP contribution in [0.1, 0.15) is 15.9 Å². The van der Waals surface area contributed by atoms with Gasteiger partial charge in [-0.3, -0.25) is 4.79 Å². The molecule has 132 valence electrons. The van der Waals surface area contributed by atoms with Crippen molar-refractivity contribution >= 4 is 18.7 Å². The van der Waals surface area contributed by atoms with Gasteiger partial charge in [-0.25, -0.2) is 4.84 Å². The van der Waals surface area contributed by atoms with Crippen LogP contribution in [0.4, 0.5) is 4.48 Å². The molecule has 2 aromatic carbocycles. The molecule has 0 aliphatic rings. The zero-order valence-corrected chi connectivity index (χ0v) is 14.2. The normalized spacial score (nSPS) is 12.8. The van der Waals surface area contributed by atoms with E-state index in [0.717, 1.165) is 5.56 Å². The second kappa shape index (κ2) is 8.52. The van der Waals surface area contributed by atoms with E-state index in [1.54, 1.807) is 42.5 Å². The quantitative estimate of drug-likeness (QED) is 0.290. The number of amides is 1. The summed E-state index contributed by atoms with van der Waals surface area (Å²) in [7, 11) is 0. The summed E-state index contributed by atoms with van der Waals surface area (Å²) in [6.07, 6.45) is 1.61. The highest BCUT2D eigenvalue weighted by molar-refractivity contribution is 7.73. The maximum absolute atomic E-state index is 12.8. The van der Waals surface area contributed by atoms with Crippen molar-refractivity contribution in [2.45, 2.75) is 6.61 Å². The molecule has 0 radical (unpaired) electrons. The molecule has 6 nitrogen and oxygen atoms in total. The van der Waals surface area contributed by atoms with Gasteiger partial charge in [-0.05, 0) is 42.0 Å². The number of hydrogen-bond donors (Lipinski definition) is 3. The Labute approximate surface area is 150 Å². The van der Waals surface area contributed by atoms with Crippen LogP contribution in [0.2, 0.25) is 0 Å². The van der Waals surface area contributed by atoms with E-state index >= 15 is 0 Å². The summed E-state index contributed by atoms with van der Waals surface area (Å²) in [5.41, 5.74) is 1.43. The molecular formula is C17H18FN2O4S+. The Kier molecular flexibility index (Phi) is 6.40. The van der Waals surface area contributed by atoms with E-state index < -0.39 is 4.44 Å². The predicted molar refractivity (Wildman–Crippen MR) is 92.5 cm³/mol.